The molecule has 1 rings (SSSR count). The standard InChI is InChI=1S/C13H21O2SSi.Li/c1-14-9-10-15-11-17(2,3)12-16-13-7-5-4-6-8-13;/h4-8,12H,9-11H2,1-3H3;/q-1;+1. The summed E-state index contributed by atoms with van der Waals surface area (Å²) in [6, 6.07) is 10.5. The molecule has 0 N–H and O–H groups in total. The van der Waals surface area contributed by atoms with E-state index in [1.807, 2.05) is 17.8 Å². The Kier molecular flexibility index (Phi) is 10.3. The minimum Gasteiger partial charge on any atom is -0.385 e. The third-order valence-electron chi connectivity index (χ3n) is 2.16. The summed E-state index contributed by atoms with van der Waals surface area (Å²) in [6.07, 6.45) is 0.857. The van der Waals surface area contributed by atoms with Gasteiger partial charge in [0.25, 0.3) is 0 Å². The minimum atomic E-state index is -1.38. The van der Waals surface area contributed by atoms with Crippen LogP contribution in [0.25, 0.3) is 0 Å². The first-order valence-corrected chi connectivity index (χ1v) is 9.93. The van der Waals surface area contributed by atoms with E-state index in [1.54, 1.807) is 7.11 Å². The Bertz CT molecular complexity index is 309. The van der Waals surface area contributed by atoms with Gasteiger partial charge in [0.15, 0.2) is 0 Å². The van der Waals surface area contributed by atoms with E-state index in [4.69, 9.17) is 9.47 Å². The molecule has 0 saturated carbocycles. The van der Waals surface area contributed by atoms with Gasteiger partial charge >= 0.3 is 18.9 Å². The smallest absolute Gasteiger partial charge is 0.385 e. The van der Waals surface area contributed by atoms with Crippen LogP contribution in [0.4, 0.5) is 0 Å². The predicted octanol–water partition coefficient (Wildman–Crippen LogP) is 0.394. The molecule has 0 radical (unpaired) electrons. The Morgan fingerprint density at radius 1 is 1.17 bits per heavy atom. The Morgan fingerprint density at radius 3 is 2.44 bits per heavy atom. The molecule has 5 heteroatoms. The van der Waals surface area contributed by atoms with Crippen molar-refractivity contribution < 1.29 is 28.3 Å². The number of hydrogen-bond acceptors (Lipinski definition) is 3. The first-order valence-electron chi connectivity index (χ1n) is 5.77. The van der Waals surface area contributed by atoms with Crippen molar-refractivity contribution in [3.05, 3.63) is 35.7 Å². The molecular formula is C13H21LiO2SSi. The van der Waals surface area contributed by atoms with Crippen LogP contribution < -0.4 is 18.9 Å². The van der Waals surface area contributed by atoms with Crippen molar-refractivity contribution >= 4 is 19.8 Å². The third kappa shape index (κ3) is 8.41. The van der Waals surface area contributed by atoms with Crippen molar-refractivity contribution in [2.45, 2.75) is 18.0 Å². The molecule has 0 aliphatic carbocycles. The van der Waals surface area contributed by atoms with Crippen LogP contribution in [-0.2, 0) is 9.47 Å². The maximum absolute atomic E-state index is 5.62. The van der Waals surface area contributed by atoms with E-state index in [-0.39, 0.29) is 18.9 Å². The van der Waals surface area contributed by atoms with Crippen LogP contribution >= 0.6 is 11.8 Å². The Hall–Kier alpha value is 0.304. The summed E-state index contributed by atoms with van der Waals surface area (Å²) in [5.74, 6) is 0. The normalized spacial score (nSPS) is 11.1. The van der Waals surface area contributed by atoms with Gasteiger partial charge in [-0.05, 0) is 4.90 Å². The topological polar surface area (TPSA) is 18.5 Å². The summed E-state index contributed by atoms with van der Waals surface area (Å²) >= 11 is 1.82. The molecule has 0 unspecified atom stereocenters. The van der Waals surface area contributed by atoms with Crippen molar-refractivity contribution in [2.24, 2.45) is 0 Å². The zero-order valence-corrected chi connectivity index (χ0v) is 13.6. The number of rotatable bonds is 8. The predicted molar refractivity (Wildman–Crippen MR) is 76.8 cm³/mol. The molecule has 18 heavy (non-hydrogen) atoms. The molecule has 0 spiro atoms. The van der Waals surface area contributed by atoms with E-state index in [2.05, 4.69) is 42.7 Å². The average molecular weight is 276 g/mol. The van der Waals surface area contributed by atoms with Gasteiger partial charge in [-0.2, -0.15) is 0 Å². The molecule has 0 aliphatic rings. The Labute approximate surface area is 128 Å². The third-order valence-corrected chi connectivity index (χ3v) is 6.68. The zero-order valence-electron chi connectivity index (χ0n) is 11.8. The molecule has 0 saturated heterocycles. The molecule has 0 bridgehead atoms. The van der Waals surface area contributed by atoms with Gasteiger partial charge in [0, 0.05) is 13.3 Å². The Balaban J connectivity index is 0.00000289. The number of methoxy groups -OCH3 is 1. The molecule has 1 aromatic carbocycles. The van der Waals surface area contributed by atoms with Crippen LogP contribution in [0.5, 0.6) is 0 Å². The fourth-order valence-electron chi connectivity index (χ4n) is 1.24. The minimum absolute atomic E-state index is 0. The van der Waals surface area contributed by atoms with Gasteiger partial charge in [-0.15, -0.1) is 0 Å². The summed E-state index contributed by atoms with van der Waals surface area (Å²) in [4.78, 5) is 1.30. The molecule has 0 fully saturated rings. The first-order chi connectivity index (χ1) is 8.14. The SMILES string of the molecule is COCCOC[Si](C)(C)[CH-]Sc1ccccc1.[Li+]. The number of hydrogen-bond donors (Lipinski definition) is 0. The van der Waals surface area contributed by atoms with E-state index in [1.165, 1.54) is 4.90 Å². The van der Waals surface area contributed by atoms with Gasteiger partial charge in [0.1, 0.15) is 0 Å². The molecule has 0 aliphatic heterocycles. The van der Waals surface area contributed by atoms with Crippen molar-refractivity contribution in [3.63, 3.8) is 0 Å². The van der Waals surface area contributed by atoms with Crippen molar-refractivity contribution in [3.8, 4) is 0 Å². The van der Waals surface area contributed by atoms with Crippen molar-refractivity contribution in [1.82, 2.24) is 0 Å². The van der Waals surface area contributed by atoms with Crippen LogP contribution in [0.1, 0.15) is 0 Å². The largest absolute Gasteiger partial charge is 1.00 e. The van der Waals surface area contributed by atoms with Gasteiger partial charge in [-0.25, -0.2) is 0 Å². The van der Waals surface area contributed by atoms with E-state index in [9.17, 15) is 0 Å². The van der Waals surface area contributed by atoms with Gasteiger partial charge < -0.3 is 21.2 Å². The van der Waals surface area contributed by atoms with Gasteiger partial charge in [-0.3, -0.25) is 5.38 Å². The van der Waals surface area contributed by atoms with Crippen molar-refractivity contribution in [2.75, 3.05) is 26.6 Å². The molecule has 0 amide bonds. The molecule has 1 aromatic rings. The number of ether oxygens (including phenoxy) is 2. The second kappa shape index (κ2) is 10.1. The molecule has 0 heterocycles. The summed E-state index contributed by atoms with van der Waals surface area (Å²) in [6.45, 7) is 6.00. The fraction of sp³-hybridized carbons (Fsp3) is 0.462. The summed E-state index contributed by atoms with van der Waals surface area (Å²) in [5.41, 5.74) is 0. The molecule has 0 aromatic heterocycles. The summed E-state index contributed by atoms with van der Waals surface area (Å²) in [7, 11) is 0.322. The van der Waals surface area contributed by atoms with Crippen LogP contribution in [-0.4, -0.2) is 34.6 Å². The average Bonchev–Trinajstić information content (AvgIpc) is 2.34. The van der Waals surface area contributed by atoms with E-state index in [0.717, 1.165) is 6.23 Å². The second-order valence-corrected chi connectivity index (χ2v) is 10.5. The van der Waals surface area contributed by atoms with Crippen LogP contribution in [0, 0.1) is 5.38 Å². The van der Waals surface area contributed by atoms with Crippen LogP contribution in [0.3, 0.4) is 0 Å². The summed E-state index contributed by atoms with van der Waals surface area (Å²) in [5, 5.41) is 2.37. The Morgan fingerprint density at radius 2 is 1.83 bits per heavy atom. The van der Waals surface area contributed by atoms with Crippen LogP contribution in [0.15, 0.2) is 35.2 Å². The quantitative estimate of drug-likeness (QED) is 0.296. The van der Waals surface area contributed by atoms with Crippen LogP contribution in [0.2, 0.25) is 13.1 Å². The summed E-state index contributed by atoms with van der Waals surface area (Å²) < 4.78 is 10.6. The van der Waals surface area contributed by atoms with Gasteiger partial charge in [-0.1, -0.05) is 51.5 Å². The van der Waals surface area contributed by atoms with Crippen molar-refractivity contribution in [1.29, 1.82) is 0 Å². The zero-order chi connectivity index (χ0) is 12.6. The van der Waals surface area contributed by atoms with E-state index in [0.29, 0.717) is 13.2 Å². The first kappa shape index (κ1) is 18.3. The van der Waals surface area contributed by atoms with Gasteiger partial charge in [0.2, 0.25) is 0 Å². The van der Waals surface area contributed by atoms with E-state index < -0.39 is 8.07 Å². The number of thioether (sulfide) groups is 1. The maximum atomic E-state index is 5.62. The fourth-order valence-corrected chi connectivity index (χ4v) is 4.32. The molecular weight excluding hydrogens is 255 g/mol. The van der Waals surface area contributed by atoms with E-state index >= 15 is 0 Å². The van der Waals surface area contributed by atoms with Gasteiger partial charge in [0.05, 0.1) is 13.2 Å². The maximum Gasteiger partial charge on any atom is 1.00 e. The second-order valence-electron chi connectivity index (χ2n) is 4.58. The monoisotopic (exact) mass is 276 g/mol. The molecule has 96 valence electrons. The number of benzene rings is 1. The molecule has 0 atom stereocenters. The molecule has 2 nitrogen and oxygen atoms in total.